The Balaban J connectivity index is 1.65. The molecule has 5 heteroatoms. The lowest BCUT2D eigenvalue weighted by Crippen LogP contribution is -2.40. The number of aromatic nitrogens is 2. The van der Waals surface area contributed by atoms with Crippen molar-refractivity contribution in [2.24, 2.45) is 5.92 Å². The third-order valence-corrected chi connectivity index (χ3v) is 4.89. The topological polar surface area (TPSA) is 50.3 Å². The van der Waals surface area contributed by atoms with E-state index in [2.05, 4.69) is 20.2 Å². The molecule has 2 aliphatic rings. The molecule has 0 aliphatic carbocycles. The van der Waals surface area contributed by atoms with Gasteiger partial charge in [-0.05, 0) is 51.1 Å². The summed E-state index contributed by atoms with van der Waals surface area (Å²) < 4.78 is 5.52. The van der Waals surface area contributed by atoms with Crippen LogP contribution in [0.25, 0.3) is 0 Å². The average molecular weight is 304 g/mol. The van der Waals surface area contributed by atoms with Crippen LogP contribution >= 0.6 is 0 Å². The summed E-state index contributed by atoms with van der Waals surface area (Å²) in [5, 5.41) is 3.53. The van der Waals surface area contributed by atoms with Gasteiger partial charge in [0.2, 0.25) is 0 Å². The van der Waals surface area contributed by atoms with Crippen LogP contribution in [0.3, 0.4) is 0 Å². The number of hydrogen-bond donors (Lipinski definition) is 1. The molecule has 0 radical (unpaired) electrons. The Bertz CT molecular complexity index is 414. The largest absolute Gasteiger partial charge is 0.381 e. The van der Waals surface area contributed by atoms with E-state index in [1.54, 1.807) is 6.33 Å². The molecular weight excluding hydrogens is 276 g/mol. The molecule has 1 atom stereocenters. The van der Waals surface area contributed by atoms with Crippen LogP contribution in [0.1, 0.15) is 37.7 Å². The van der Waals surface area contributed by atoms with Crippen LogP contribution in [0, 0.1) is 5.92 Å². The van der Waals surface area contributed by atoms with Crippen LogP contribution in [-0.4, -0.2) is 53.8 Å². The summed E-state index contributed by atoms with van der Waals surface area (Å²) in [7, 11) is 0. The maximum Gasteiger partial charge on any atom is 0.115 e. The molecule has 2 saturated heterocycles. The van der Waals surface area contributed by atoms with Crippen molar-refractivity contribution >= 4 is 0 Å². The summed E-state index contributed by atoms with van der Waals surface area (Å²) >= 11 is 0. The van der Waals surface area contributed by atoms with Gasteiger partial charge >= 0.3 is 0 Å². The Labute approximate surface area is 133 Å². The summed E-state index contributed by atoms with van der Waals surface area (Å²) in [6, 6.07) is 0.679. The molecule has 3 heterocycles. The molecule has 2 aliphatic heterocycles. The molecule has 0 aromatic carbocycles. The SMILES string of the molecule is c1ncc(CN(CC2CCOCC2)[C@H]2CCCNCC2)cn1. The minimum absolute atomic E-state index is 0.679. The van der Waals surface area contributed by atoms with Gasteiger partial charge < -0.3 is 10.1 Å². The van der Waals surface area contributed by atoms with Gasteiger partial charge in [-0.25, -0.2) is 9.97 Å². The van der Waals surface area contributed by atoms with Crippen molar-refractivity contribution in [2.75, 3.05) is 32.8 Å². The molecule has 1 aromatic heterocycles. The maximum absolute atomic E-state index is 5.52. The first kappa shape index (κ1) is 15.8. The third kappa shape index (κ3) is 4.73. The fraction of sp³-hybridized carbons (Fsp3) is 0.765. The second kappa shape index (κ2) is 8.56. The standard InChI is InChI=1S/C17H28N4O/c1-2-17(3-7-18-6-1)21(12-15-4-8-22-9-5-15)13-16-10-19-14-20-11-16/h10-11,14-15,17-18H,1-9,12-13H2/t17-/m0/s1. The number of hydrogen-bond acceptors (Lipinski definition) is 5. The minimum atomic E-state index is 0.679. The first-order valence-corrected chi connectivity index (χ1v) is 8.68. The van der Waals surface area contributed by atoms with Crippen LogP contribution in [-0.2, 0) is 11.3 Å². The molecule has 0 spiro atoms. The van der Waals surface area contributed by atoms with E-state index in [9.17, 15) is 0 Å². The summed E-state index contributed by atoms with van der Waals surface area (Å²) in [6.07, 6.45) is 11.8. The molecule has 22 heavy (non-hydrogen) atoms. The van der Waals surface area contributed by atoms with Gasteiger partial charge in [-0.2, -0.15) is 0 Å². The fourth-order valence-corrected chi connectivity index (χ4v) is 3.62. The van der Waals surface area contributed by atoms with Crippen LogP contribution in [0.15, 0.2) is 18.7 Å². The van der Waals surface area contributed by atoms with Crippen LogP contribution in [0.4, 0.5) is 0 Å². The van der Waals surface area contributed by atoms with E-state index in [0.717, 1.165) is 38.8 Å². The molecule has 0 saturated carbocycles. The first-order valence-electron chi connectivity index (χ1n) is 8.68. The zero-order valence-corrected chi connectivity index (χ0v) is 13.4. The number of nitrogens with zero attached hydrogens (tertiary/aromatic N) is 3. The molecular formula is C17H28N4O. The average Bonchev–Trinajstić information content (AvgIpc) is 2.85. The quantitative estimate of drug-likeness (QED) is 0.899. The molecule has 3 rings (SSSR count). The van der Waals surface area contributed by atoms with Crippen molar-refractivity contribution in [3.63, 3.8) is 0 Å². The summed E-state index contributed by atoms with van der Waals surface area (Å²) in [5.74, 6) is 0.773. The lowest BCUT2D eigenvalue weighted by molar-refractivity contribution is 0.0417. The van der Waals surface area contributed by atoms with Crippen LogP contribution in [0.2, 0.25) is 0 Å². The second-order valence-electron chi connectivity index (χ2n) is 6.57. The van der Waals surface area contributed by atoms with Crippen molar-refractivity contribution in [3.05, 3.63) is 24.3 Å². The Kier molecular flexibility index (Phi) is 6.16. The van der Waals surface area contributed by atoms with E-state index >= 15 is 0 Å². The van der Waals surface area contributed by atoms with E-state index in [4.69, 9.17) is 4.74 Å². The summed E-state index contributed by atoms with van der Waals surface area (Å²) in [6.45, 7) is 6.32. The molecule has 5 nitrogen and oxygen atoms in total. The maximum atomic E-state index is 5.52. The van der Waals surface area contributed by atoms with Crippen molar-refractivity contribution in [3.8, 4) is 0 Å². The Hall–Kier alpha value is -1.04. The zero-order valence-electron chi connectivity index (χ0n) is 13.4. The predicted molar refractivity (Wildman–Crippen MR) is 86.5 cm³/mol. The lowest BCUT2D eigenvalue weighted by atomic mass is 9.97. The molecule has 1 N–H and O–H groups in total. The molecule has 2 fully saturated rings. The van der Waals surface area contributed by atoms with Gasteiger partial charge in [-0.3, -0.25) is 4.90 Å². The van der Waals surface area contributed by atoms with Crippen LogP contribution < -0.4 is 5.32 Å². The van der Waals surface area contributed by atoms with E-state index < -0.39 is 0 Å². The van der Waals surface area contributed by atoms with Gasteiger partial charge in [-0.15, -0.1) is 0 Å². The van der Waals surface area contributed by atoms with E-state index in [-0.39, 0.29) is 0 Å². The second-order valence-corrected chi connectivity index (χ2v) is 6.57. The molecule has 0 bridgehead atoms. The third-order valence-electron chi connectivity index (χ3n) is 4.89. The van der Waals surface area contributed by atoms with Gasteiger partial charge in [0.15, 0.2) is 0 Å². The minimum Gasteiger partial charge on any atom is -0.381 e. The van der Waals surface area contributed by atoms with E-state index in [1.165, 1.54) is 44.2 Å². The Morgan fingerprint density at radius 2 is 1.91 bits per heavy atom. The van der Waals surface area contributed by atoms with Crippen molar-refractivity contribution in [1.82, 2.24) is 20.2 Å². The highest BCUT2D eigenvalue weighted by Gasteiger charge is 2.24. The zero-order chi connectivity index (χ0) is 15.0. The predicted octanol–water partition coefficient (Wildman–Crippen LogP) is 1.85. The number of rotatable bonds is 5. The molecule has 122 valence electrons. The van der Waals surface area contributed by atoms with Gasteiger partial charge in [0.1, 0.15) is 6.33 Å². The lowest BCUT2D eigenvalue weighted by Gasteiger charge is -2.35. The number of nitrogens with one attached hydrogen (secondary N) is 1. The van der Waals surface area contributed by atoms with Crippen LogP contribution in [0.5, 0.6) is 0 Å². The normalized spacial score (nSPS) is 24.3. The van der Waals surface area contributed by atoms with Gasteiger partial charge in [0, 0.05) is 50.3 Å². The highest BCUT2D eigenvalue weighted by Crippen LogP contribution is 2.22. The van der Waals surface area contributed by atoms with Gasteiger partial charge in [0.05, 0.1) is 0 Å². The number of ether oxygens (including phenoxy) is 1. The molecule has 1 aromatic rings. The van der Waals surface area contributed by atoms with E-state index in [0.29, 0.717) is 6.04 Å². The first-order chi connectivity index (χ1) is 10.9. The fourth-order valence-electron chi connectivity index (χ4n) is 3.62. The summed E-state index contributed by atoms with van der Waals surface area (Å²) in [4.78, 5) is 11.0. The van der Waals surface area contributed by atoms with E-state index in [1.807, 2.05) is 12.4 Å². The van der Waals surface area contributed by atoms with Gasteiger partial charge in [-0.1, -0.05) is 0 Å². The molecule has 0 amide bonds. The Morgan fingerprint density at radius 1 is 1.09 bits per heavy atom. The van der Waals surface area contributed by atoms with Gasteiger partial charge in [0.25, 0.3) is 0 Å². The molecule has 0 unspecified atom stereocenters. The summed E-state index contributed by atoms with van der Waals surface area (Å²) in [5.41, 5.74) is 1.23. The van der Waals surface area contributed by atoms with Crippen molar-refractivity contribution in [1.29, 1.82) is 0 Å². The highest BCUT2D eigenvalue weighted by atomic mass is 16.5. The van der Waals surface area contributed by atoms with Crippen molar-refractivity contribution < 1.29 is 4.74 Å². The van der Waals surface area contributed by atoms with Crippen molar-refractivity contribution in [2.45, 2.75) is 44.7 Å². The smallest absolute Gasteiger partial charge is 0.115 e. The Morgan fingerprint density at radius 3 is 2.73 bits per heavy atom. The highest BCUT2D eigenvalue weighted by molar-refractivity contribution is 5.02. The monoisotopic (exact) mass is 304 g/mol.